The van der Waals surface area contributed by atoms with Gasteiger partial charge in [-0.15, -0.1) is 0 Å². The SMILES string of the molecule is Cc1ccc(C2CCCN(C(=O)NC(CC(=O)NCC#N)CC(C)C)C2)cc1. The van der Waals surface area contributed by atoms with E-state index in [-0.39, 0.29) is 30.9 Å². The normalized spacial score (nSPS) is 17.7. The first-order chi connectivity index (χ1) is 13.4. The first-order valence-electron chi connectivity index (χ1n) is 10.1. The van der Waals surface area contributed by atoms with Gasteiger partial charge in [-0.25, -0.2) is 4.79 Å². The smallest absolute Gasteiger partial charge is 0.317 e. The van der Waals surface area contributed by atoms with Crippen molar-refractivity contribution >= 4 is 11.9 Å². The number of urea groups is 1. The van der Waals surface area contributed by atoms with E-state index in [9.17, 15) is 9.59 Å². The summed E-state index contributed by atoms with van der Waals surface area (Å²) < 4.78 is 0. The number of hydrogen-bond donors (Lipinski definition) is 2. The van der Waals surface area contributed by atoms with Crippen LogP contribution in [0.5, 0.6) is 0 Å². The molecule has 0 saturated carbocycles. The van der Waals surface area contributed by atoms with Crippen LogP contribution in [0.25, 0.3) is 0 Å². The van der Waals surface area contributed by atoms with Crippen LogP contribution in [0, 0.1) is 24.2 Å². The molecule has 6 heteroatoms. The maximum Gasteiger partial charge on any atom is 0.317 e. The third kappa shape index (κ3) is 6.88. The summed E-state index contributed by atoms with van der Waals surface area (Å²) in [7, 11) is 0. The molecule has 3 amide bonds. The maximum atomic E-state index is 12.8. The van der Waals surface area contributed by atoms with Gasteiger partial charge in [0, 0.05) is 31.5 Å². The number of rotatable bonds is 7. The van der Waals surface area contributed by atoms with Gasteiger partial charge in [-0.2, -0.15) is 5.26 Å². The zero-order valence-corrected chi connectivity index (χ0v) is 17.2. The van der Waals surface area contributed by atoms with E-state index in [1.54, 1.807) is 0 Å². The minimum absolute atomic E-state index is 0.00840. The molecule has 2 N–H and O–H groups in total. The minimum atomic E-state index is -0.231. The first kappa shape index (κ1) is 21.7. The van der Waals surface area contributed by atoms with Crippen molar-refractivity contribution in [2.24, 2.45) is 5.92 Å². The molecule has 1 fully saturated rings. The maximum absolute atomic E-state index is 12.8. The molecule has 2 atom stereocenters. The van der Waals surface area contributed by atoms with Gasteiger partial charge in [0.2, 0.25) is 5.91 Å². The number of nitrogens with zero attached hydrogens (tertiary/aromatic N) is 2. The molecule has 1 aromatic carbocycles. The monoisotopic (exact) mass is 384 g/mol. The van der Waals surface area contributed by atoms with Crippen molar-refractivity contribution < 1.29 is 9.59 Å². The van der Waals surface area contributed by atoms with Gasteiger partial charge in [-0.3, -0.25) is 4.79 Å². The predicted molar refractivity (Wildman–Crippen MR) is 110 cm³/mol. The molecule has 1 aliphatic rings. The van der Waals surface area contributed by atoms with Crippen LogP contribution in [0.2, 0.25) is 0 Å². The summed E-state index contributed by atoms with van der Waals surface area (Å²) in [5.74, 6) is 0.502. The Balaban J connectivity index is 1.96. The lowest BCUT2D eigenvalue weighted by Gasteiger charge is -2.34. The molecule has 1 aliphatic heterocycles. The predicted octanol–water partition coefficient (Wildman–Crippen LogP) is 3.33. The Bertz CT molecular complexity index is 693. The van der Waals surface area contributed by atoms with Crippen molar-refractivity contribution in [3.63, 3.8) is 0 Å². The molecule has 2 rings (SSSR count). The Labute approximate surface area is 168 Å². The number of nitrogens with one attached hydrogen (secondary N) is 2. The van der Waals surface area contributed by atoms with Crippen LogP contribution in [0.3, 0.4) is 0 Å². The fourth-order valence-electron chi connectivity index (χ4n) is 3.73. The van der Waals surface area contributed by atoms with E-state index in [1.807, 2.05) is 11.0 Å². The molecule has 1 aromatic rings. The van der Waals surface area contributed by atoms with Gasteiger partial charge in [0.25, 0.3) is 0 Å². The zero-order chi connectivity index (χ0) is 20.5. The van der Waals surface area contributed by atoms with E-state index < -0.39 is 0 Å². The summed E-state index contributed by atoms with van der Waals surface area (Å²) in [4.78, 5) is 26.7. The highest BCUT2D eigenvalue weighted by Crippen LogP contribution is 2.27. The summed E-state index contributed by atoms with van der Waals surface area (Å²) in [5, 5.41) is 14.2. The lowest BCUT2D eigenvalue weighted by atomic mass is 9.90. The summed E-state index contributed by atoms with van der Waals surface area (Å²) in [6, 6.07) is 10.1. The quantitative estimate of drug-likeness (QED) is 0.707. The number of nitriles is 1. The molecule has 0 aromatic heterocycles. The summed E-state index contributed by atoms with van der Waals surface area (Å²) >= 11 is 0. The van der Waals surface area contributed by atoms with Crippen LogP contribution in [0.4, 0.5) is 4.79 Å². The molecule has 152 valence electrons. The summed E-state index contributed by atoms with van der Waals surface area (Å²) in [6.45, 7) is 7.64. The van der Waals surface area contributed by atoms with E-state index in [0.29, 0.717) is 18.4 Å². The number of piperidine rings is 1. The van der Waals surface area contributed by atoms with Crippen molar-refractivity contribution in [2.75, 3.05) is 19.6 Å². The third-order valence-electron chi connectivity index (χ3n) is 5.14. The standard InChI is InChI=1S/C22H32N4O2/c1-16(2)13-20(14-21(27)24-11-10-23)25-22(28)26-12-4-5-19(15-26)18-8-6-17(3)7-9-18/h6-9,16,19-20H,4-5,11-15H2,1-3H3,(H,24,27)(H,25,28). The second-order valence-corrected chi connectivity index (χ2v) is 8.11. The molecule has 0 bridgehead atoms. The Morgan fingerprint density at radius 2 is 2.00 bits per heavy atom. The molecule has 1 saturated heterocycles. The minimum Gasteiger partial charge on any atom is -0.343 e. The van der Waals surface area contributed by atoms with Gasteiger partial charge in [0.15, 0.2) is 0 Å². The fraction of sp³-hybridized carbons (Fsp3) is 0.591. The van der Waals surface area contributed by atoms with Gasteiger partial charge in [-0.05, 0) is 37.7 Å². The Hall–Kier alpha value is -2.55. The Morgan fingerprint density at radius 3 is 2.64 bits per heavy atom. The lowest BCUT2D eigenvalue weighted by molar-refractivity contribution is -0.121. The van der Waals surface area contributed by atoms with Crippen molar-refractivity contribution in [3.05, 3.63) is 35.4 Å². The van der Waals surface area contributed by atoms with E-state index in [1.165, 1.54) is 11.1 Å². The molecule has 2 unspecified atom stereocenters. The molecule has 0 radical (unpaired) electrons. The van der Waals surface area contributed by atoms with Gasteiger partial charge >= 0.3 is 6.03 Å². The highest BCUT2D eigenvalue weighted by molar-refractivity contribution is 5.79. The van der Waals surface area contributed by atoms with Crippen LogP contribution >= 0.6 is 0 Å². The number of carbonyl (C=O) groups excluding carboxylic acids is 2. The van der Waals surface area contributed by atoms with Crippen LogP contribution in [0.15, 0.2) is 24.3 Å². The molecular formula is C22H32N4O2. The van der Waals surface area contributed by atoms with Gasteiger partial charge in [0.1, 0.15) is 6.54 Å². The number of aryl methyl sites for hydroxylation is 1. The van der Waals surface area contributed by atoms with Gasteiger partial charge in [0.05, 0.1) is 6.07 Å². The van der Waals surface area contributed by atoms with Crippen molar-refractivity contribution in [2.45, 2.75) is 58.4 Å². The van der Waals surface area contributed by atoms with Crippen LogP contribution in [-0.2, 0) is 4.79 Å². The highest BCUT2D eigenvalue weighted by atomic mass is 16.2. The molecule has 0 aliphatic carbocycles. The largest absolute Gasteiger partial charge is 0.343 e. The molecule has 28 heavy (non-hydrogen) atoms. The molecular weight excluding hydrogens is 352 g/mol. The number of amides is 3. The van der Waals surface area contributed by atoms with E-state index >= 15 is 0 Å². The van der Waals surface area contributed by atoms with Crippen LogP contribution in [0.1, 0.15) is 56.6 Å². The summed E-state index contributed by atoms with van der Waals surface area (Å²) in [6.07, 6.45) is 2.98. The molecule has 0 spiro atoms. The summed E-state index contributed by atoms with van der Waals surface area (Å²) in [5.41, 5.74) is 2.51. The number of benzene rings is 1. The molecule has 6 nitrogen and oxygen atoms in total. The average molecular weight is 385 g/mol. The molecule has 1 heterocycles. The number of hydrogen-bond acceptors (Lipinski definition) is 3. The van der Waals surface area contributed by atoms with E-state index in [4.69, 9.17) is 5.26 Å². The zero-order valence-electron chi connectivity index (χ0n) is 17.2. The third-order valence-corrected chi connectivity index (χ3v) is 5.14. The van der Waals surface area contributed by atoms with Gasteiger partial charge in [-0.1, -0.05) is 43.7 Å². The lowest BCUT2D eigenvalue weighted by Crippen LogP contribution is -2.49. The van der Waals surface area contributed by atoms with Crippen molar-refractivity contribution in [3.8, 4) is 6.07 Å². The van der Waals surface area contributed by atoms with E-state index in [0.717, 1.165) is 25.8 Å². The second kappa shape index (κ2) is 10.7. The topological polar surface area (TPSA) is 85.2 Å². The van der Waals surface area contributed by atoms with Crippen LogP contribution in [-0.4, -0.2) is 42.5 Å². The van der Waals surface area contributed by atoms with Gasteiger partial charge < -0.3 is 15.5 Å². The van der Waals surface area contributed by atoms with Crippen LogP contribution < -0.4 is 10.6 Å². The number of likely N-dealkylation sites (tertiary alicyclic amines) is 1. The Morgan fingerprint density at radius 1 is 1.29 bits per heavy atom. The van der Waals surface area contributed by atoms with Crippen molar-refractivity contribution in [1.29, 1.82) is 5.26 Å². The van der Waals surface area contributed by atoms with Crippen molar-refractivity contribution in [1.82, 2.24) is 15.5 Å². The van der Waals surface area contributed by atoms with E-state index in [2.05, 4.69) is 55.7 Å². The Kier molecular flexibility index (Phi) is 8.31. The average Bonchev–Trinajstić information content (AvgIpc) is 2.66. The fourth-order valence-corrected chi connectivity index (χ4v) is 3.73. The first-order valence-corrected chi connectivity index (χ1v) is 10.1. The number of carbonyl (C=O) groups is 2. The highest BCUT2D eigenvalue weighted by Gasteiger charge is 2.27. The second-order valence-electron chi connectivity index (χ2n) is 8.11.